The van der Waals surface area contributed by atoms with E-state index >= 15 is 0 Å². The third kappa shape index (κ3) is 9.63. The largest absolute Gasteiger partial charge is 0.392 e. The van der Waals surface area contributed by atoms with Crippen molar-refractivity contribution in [3.05, 3.63) is 24.3 Å². The summed E-state index contributed by atoms with van der Waals surface area (Å²) in [5.74, 6) is 3.47. The lowest BCUT2D eigenvalue weighted by Gasteiger charge is -2.47. The smallest absolute Gasteiger partial charge is 0.0667 e. The molecule has 1 N–H and O–H groups in total. The number of allylic oxidation sites excluding steroid dienone is 4. The summed E-state index contributed by atoms with van der Waals surface area (Å²) in [6.45, 7) is 7.37. The van der Waals surface area contributed by atoms with E-state index in [0.717, 1.165) is 36.6 Å². The molecule has 5 aliphatic heterocycles. The van der Waals surface area contributed by atoms with E-state index in [9.17, 15) is 5.11 Å². The fourth-order valence-corrected chi connectivity index (χ4v) is 7.74. The van der Waals surface area contributed by atoms with E-state index in [2.05, 4.69) is 34.1 Å². The van der Waals surface area contributed by atoms with Gasteiger partial charge in [-0.3, -0.25) is 0 Å². The molecule has 5 aliphatic rings. The number of fused-ring (bicyclic) bond motifs is 10. The summed E-state index contributed by atoms with van der Waals surface area (Å²) in [4.78, 5) is 5.53. The summed E-state index contributed by atoms with van der Waals surface area (Å²) in [7, 11) is 0. The van der Waals surface area contributed by atoms with Crippen LogP contribution in [0, 0.1) is 23.7 Å². The molecule has 0 aromatic rings. The Bertz CT molecular complexity index is 631. The van der Waals surface area contributed by atoms with Crippen LogP contribution in [0.5, 0.6) is 0 Å². The Morgan fingerprint density at radius 3 is 1.89 bits per heavy atom. The minimum Gasteiger partial charge on any atom is -0.392 e. The van der Waals surface area contributed by atoms with Crippen LogP contribution in [-0.4, -0.2) is 60.3 Å². The molecule has 7 atom stereocenters. The summed E-state index contributed by atoms with van der Waals surface area (Å²) < 4.78 is 0. The summed E-state index contributed by atoms with van der Waals surface area (Å²) in [6.07, 6.45) is 31.9. The monoisotopic (exact) mass is 484 g/mol. The van der Waals surface area contributed by atoms with Crippen molar-refractivity contribution < 1.29 is 5.11 Å². The molecule has 2 fully saturated rings. The first kappa shape index (κ1) is 27.4. The average Bonchev–Trinajstić information content (AvgIpc) is 2.85. The Morgan fingerprint density at radius 1 is 0.514 bits per heavy atom. The predicted molar refractivity (Wildman–Crippen MR) is 150 cm³/mol. The van der Waals surface area contributed by atoms with Gasteiger partial charge in [0.25, 0.3) is 0 Å². The Balaban J connectivity index is 1.49. The van der Waals surface area contributed by atoms with Crippen molar-refractivity contribution in [3.8, 4) is 0 Å². The highest BCUT2D eigenvalue weighted by atomic mass is 16.3. The highest BCUT2D eigenvalue weighted by molar-refractivity contribution is 4.92. The van der Waals surface area contributed by atoms with Crippen LogP contribution >= 0.6 is 0 Å². The van der Waals surface area contributed by atoms with Crippen LogP contribution in [0.4, 0.5) is 0 Å². The lowest BCUT2D eigenvalue weighted by Crippen LogP contribution is -2.50. The fourth-order valence-electron chi connectivity index (χ4n) is 7.74. The van der Waals surface area contributed by atoms with Gasteiger partial charge in [0.2, 0.25) is 0 Å². The zero-order valence-electron chi connectivity index (χ0n) is 22.8. The number of piperidine rings is 2. The van der Waals surface area contributed by atoms with Gasteiger partial charge in [-0.15, -0.1) is 0 Å². The van der Waals surface area contributed by atoms with Crippen molar-refractivity contribution in [3.63, 3.8) is 0 Å². The lowest BCUT2D eigenvalue weighted by atomic mass is 9.69. The maximum atomic E-state index is 10.9. The Morgan fingerprint density at radius 2 is 1.14 bits per heavy atom. The standard InChI is InChI=1S/C32H56N2O/c35-31-19-15-11-7-2-1-6-10-14-18-29-25-33-21-16-12-8-4-3-5-9-13-17-28-23-30(32(29)20-22-33)26-34(24-28)27-31/h1-4,28-32,35H,5-27H2/b2-1-,4-3-/t28-,29+,30+,31?,32-/m0/s1. The Hall–Kier alpha value is -0.640. The zero-order chi connectivity index (χ0) is 24.1. The summed E-state index contributed by atoms with van der Waals surface area (Å²) >= 11 is 0. The third-order valence-electron chi connectivity index (χ3n) is 9.61. The molecule has 5 rings (SSSR count). The molecule has 5 heterocycles. The van der Waals surface area contributed by atoms with Gasteiger partial charge in [0.15, 0.2) is 0 Å². The maximum absolute atomic E-state index is 10.9. The maximum Gasteiger partial charge on any atom is 0.0667 e. The average molecular weight is 485 g/mol. The topological polar surface area (TPSA) is 26.7 Å². The van der Waals surface area contributed by atoms with Gasteiger partial charge in [-0.05, 0) is 127 Å². The SMILES string of the molecule is OC1CCCC/C=C\CCCC[C@@H]2CN3CCCC/C=C\CCCC[C@H]4C[C@H](CN(C1)C4)[C@H]2CC3. The molecule has 0 aromatic carbocycles. The van der Waals surface area contributed by atoms with E-state index < -0.39 is 0 Å². The third-order valence-corrected chi connectivity index (χ3v) is 9.61. The Labute approximate surface area is 217 Å². The quantitative estimate of drug-likeness (QED) is 0.368. The molecule has 3 unspecified atom stereocenters. The molecular weight excluding hydrogens is 428 g/mol. The minimum absolute atomic E-state index is 0.140. The van der Waals surface area contributed by atoms with Crippen molar-refractivity contribution in [2.45, 2.75) is 115 Å². The molecule has 200 valence electrons. The van der Waals surface area contributed by atoms with Crippen LogP contribution in [0.1, 0.15) is 109 Å². The summed E-state index contributed by atoms with van der Waals surface area (Å²) in [5, 5.41) is 10.9. The van der Waals surface area contributed by atoms with Crippen LogP contribution in [0.15, 0.2) is 24.3 Å². The number of hydrogen-bond donors (Lipinski definition) is 1. The van der Waals surface area contributed by atoms with Crippen LogP contribution < -0.4 is 0 Å². The number of hydrogen-bond acceptors (Lipinski definition) is 3. The lowest BCUT2D eigenvalue weighted by molar-refractivity contribution is 0.00263. The molecule has 0 amide bonds. The van der Waals surface area contributed by atoms with Gasteiger partial charge in [-0.25, -0.2) is 0 Å². The second kappa shape index (κ2) is 15.6. The molecule has 3 nitrogen and oxygen atoms in total. The Kier molecular flexibility index (Phi) is 12.2. The van der Waals surface area contributed by atoms with Crippen molar-refractivity contribution >= 4 is 0 Å². The molecule has 6 bridgehead atoms. The normalized spacial score (nSPS) is 41.1. The zero-order valence-corrected chi connectivity index (χ0v) is 22.8. The molecule has 0 saturated carbocycles. The summed E-state index contributed by atoms with van der Waals surface area (Å²) in [5.41, 5.74) is 0. The minimum atomic E-state index is -0.140. The number of aliphatic hydroxyl groups excluding tert-OH is 1. The first-order chi connectivity index (χ1) is 17.3. The van der Waals surface area contributed by atoms with Crippen LogP contribution in [0.25, 0.3) is 0 Å². The van der Waals surface area contributed by atoms with Gasteiger partial charge < -0.3 is 14.9 Å². The predicted octanol–water partition coefficient (Wildman–Crippen LogP) is 7.21. The molecule has 0 aliphatic carbocycles. The van der Waals surface area contributed by atoms with Crippen LogP contribution in [0.3, 0.4) is 0 Å². The number of aliphatic hydroxyl groups is 1. The van der Waals surface area contributed by atoms with Crippen molar-refractivity contribution in [1.29, 1.82) is 0 Å². The van der Waals surface area contributed by atoms with Crippen LogP contribution in [-0.2, 0) is 0 Å². The van der Waals surface area contributed by atoms with Gasteiger partial charge in [-0.2, -0.15) is 0 Å². The van der Waals surface area contributed by atoms with Gasteiger partial charge in [-0.1, -0.05) is 43.6 Å². The van der Waals surface area contributed by atoms with E-state index in [1.54, 1.807) is 0 Å². The van der Waals surface area contributed by atoms with Gasteiger partial charge in [0, 0.05) is 26.2 Å². The number of rotatable bonds is 0. The molecule has 0 aromatic heterocycles. The fraction of sp³-hybridized carbons (Fsp3) is 0.875. The van der Waals surface area contributed by atoms with Crippen LogP contribution in [0.2, 0.25) is 0 Å². The van der Waals surface area contributed by atoms with Gasteiger partial charge in [0.1, 0.15) is 0 Å². The van der Waals surface area contributed by atoms with E-state index in [1.807, 2.05) is 0 Å². The number of nitrogens with zero attached hydrogens (tertiary/aromatic N) is 2. The molecule has 0 radical (unpaired) electrons. The van der Waals surface area contributed by atoms with E-state index in [0.29, 0.717) is 0 Å². The first-order valence-electron chi connectivity index (χ1n) is 15.7. The summed E-state index contributed by atoms with van der Waals surface area (Å²) in [6, 6.07) is 0. The highest BCUT2D eigenvalue weighted by Gasteiger charge is 2.38. The van der Waals surface area contributed by atoms with E-state index in [4.69, 9.17) is 0 Å². The van der Waals surface area contributed by atoms with Crippen molar-refractivity contribution in [2.24, 2.45) is 23.7 Å². The molecular formula is C32H56N2O. The van der Waals surface area contributed by atoms with E-state index in [-0.39, 0.29) is 6.10 Å². The molecule has 2 saturated heterocycles. The molecule has 0 spiro atoms. The van der Waals surface area contributed by atoms with Gasteiger partial charge >= 0.3 is 0 Å². The highest BCUT2D eigenvalue weighted by Crippen LogP contribution is 2.40. The molecule has 35 heavy (non-hydrogen) atoms. The van der Waals surface area contributed by atoms with E-state index in [1.165, 1.54) is 135 Å². The first-order valence-corrected chi connectivity index (χ1v) is 15.7. The van der Waals surface area contributed by atoms with Gasteiger partial charge in [0.05, 0.1) is 6.10 Å². The molecule has 3 heteroatoms. The second-order valence-electron chi connectivity index (χ2n) is 12.5. The van der Waals surface area contributed by atoms with Crippen molar-refractivity contribution in [2.75, 3.05) is 39.3 Å². The second-order valence-corrected chi connectivity index (χ2v) is 12.5. The van der Waals surface area contributed by atoms with Crippen molar-refractivity contribution in [1.82, 2.24) is 9.80 Å².